The smallest absolute Gasteiger partial charge is 0.251 e. The molecule has 2 amide bonds. The van der Waals surface area contributed by atoms with Crippen LogP contribution in [0, 0.1) is 5.92 Å². The van der Waals surface area contributed by atoms with Gasteiger partial charge in [-0.3, -0.25) is 9.59 Å². The van der Waals surface area contributed by atoms with Crippen molar-refractivity contribution in [1.82, 2.24) is 10.2 Å². The summed E-state index contributed by atoms with van der Waals surface area (Å²) >= 11 is 0. The molecule has 2 aromatic rings. The number of likely N-dealkylation sites (tertiary alicyclic amines) is 1. The van der Waals surface area contributed by atoms with Crippen LogP contribution in [0.4, 0.5) is 0 Å². The number of amides is 2. The van der Waals surface area contributed by atoms with Gasteiger partial charge in [-0.1, -0.05) is 6.07 Å². The van der Waals surface area contributed by atoms with E-state index in [1.807, 2.05) is 23.1 Å². The number of rotatable bonds is 9. The normalized spacial score (nSPS) is 13.9. The summed E-state index contributed by atoms with van der Waals surface area (Å²) < 4.78 is 21.1. The van der Waals surface area contributed by atoms with Gasteiger partial charge >= 0.3 is 0 Å². The first-order chi connectivity index (χ1) is 16.0. The van der Waals surface area contributed by atoms with Crippen molar-refractivity contribution in [2.45, 2.75) is 19.3 Å². The van der Waals surface area contributed by atoms with Crippen molar-refractivity contribution in [2.24, 2.45) is 5.92 Å². The molecule has 1 heterocycles. The van der Waals surface area contributed by atoms with E-state index in [1.54, 1.807) is 46.6 Å². The number of hydrogen-bond acceptors (Lipinski definition) is 6. The zero-order valence-electron chi connectivity index (χ0n) is 19.7. The van der Waals surface area contributed by atoms with Gasteiger partial charge < -0.3 is 29.2 Å². The van der Waals surface area contributed by atoms with E-state index < -0.39 is 0 Å². The van der Waals surface area contributed by atoms with Crippen LogP contribution in [-0.4, -0.2) is 64.8 Å². The zero-order valence-corrected chi connectivity index (χ0v) is 19.7. The van der Waals surface area contributed by atoms with E-state index in [2.05, 4.69) is 5.32 Å². The minimum Gasteiger partial charge on any atom is -0.493 e. The Morgan fingerprint density at radius 1 is 0.848 bits per heavy atom. The largest absolute Gasteiger partial charge is 0.493 e. The summed E-state index contributed by atoms with van der Waals surface area (Å²) in [6.07, 6.45) is 2.02. The van der Waals surface area contributed by atoms with Gasteiger partial charge in [-0.2, -0.15) is 0 Å². The first kappa shape index (κ1) is 24.2. The SMILES string of the molecule is COc1ccc(CC(=O)N2CCC(CNC(=O)c3ccc(OC)c(OC)c3)CC2)cc1OC. The molecule has 8 nitrogen and oxygen atoms in total. The van der Waals surface area contributed by atoms with Crippen molar-refractivity contribution in [2.75, 3.05) is 48.1 Å². The van der Waals surface area contributed by atoms with Crippen molar-refractivity contribution in [3.8, 4) is 23.0 Å². The maximum absolute atomic E-state index is 12.8. The van der Waals surface area contributed by atoms with E-state index in [0.717, 1.165) is 18.4 Å². The summed E-state index contributed by atoms with van der Waals surface area (Å²) in [6.45, 7) is 1.94. The summed E-state index contributed by atoms with van der Waals surface area (Å²) in [6, 6.07) is 10.6. The number of nitrogens with one attached hydrogen (secondary N) is 1. The third-order valence-electron chi connectivity index (χ3n) is 5.97. The van der Waals surface area contributed by atoms with Gasteiger partial charge in [0.25, 0.3) is 5.91 Å². The fourth-order valence-electron chi connectivity index (χ4n) is 3.98. The second-order valence-electron chi connectivity index (χ2n) is 7.97. The number of carbonyl (C=O) groups excluding carboxylic acids is 2. The average Bonchev–Trinajstić information content (AvgIpc) is 2.86. The Hall–Kier alpha value is -3.42. The van der Waals surface area contributed by atoms with Crippen molar-refractivity contribution < 1.29 is 28.5 Å². The summed E-state index contributed by atoms with van der Waals surface area (Å²) in [7, 11) is 6.27. The van der Waals surface area contributed by atoms with Crippen LogP contribution in [0.25, 0.3) is 0 Å². The van der Waals surface area contributed by atoms with E-state index >= 15 is 0 Å². The highest BCUT2D eigenvalue weighted by Crippen LogP contribution is 2.29. The van der Waals surface area contributed by atoms with Crippen LogP contribution < -0.4 is 24.3 Å². The second-order valence-corrected chi connectivity index (χ2v) is 7.97. The number of piperidine rings is 1. The molecule has 0 aliphatic carbocycles. The van der Waals surface area contributed by atoms with Gasteiger partial charge in [0.2, 0.25) is 5.91 Å². The molecule has 0 unspecified atom stereocenters. The van der Waals surface area contributed by atoms with Crippen LogP contribution in [0.3, 0.4) is 0 Å². The molecule has 1 aliphatic rings. The minimum absolute atomic E-state index is 0.0926. The summed E-state index contributed by atoms with van der Waals surface area (Å²) in [4.78, 5) is 27.2. The summed E-state index contributed by atoms with van der Waals surface area (Å²) in [5.74, 6) is 2.64. The number of nitrogens with zero attached hydrogens (tertiary/aromatic N) is 1. The maximum Gasteiger partial charge on any atom is 0.251 e. The van der Waals surface area contributed by atoms with Crippen LogP contribution in [0.5, 0.6) is 23.0 Å². The first-order valence-corrected chi connectivity index (χ1v) is 11.0. The van der Waals surface area contributed by atoms with Crippen molar-refractivity contribution in [1.29, 1.82) is 0 Å². The van der Waals surface area contributed by atoms with Gasteiger partial charge in [0.1, 0.15) is 0 Å². The number of carbonyl (C=O) groups is 2. The zero-order chi connectivity index (χ0) is 23.8. The lowest BCUT2D eigenvalue weighted by molar-refractivity contribution is -0.131. The predicted octanol–water partition coefficient (Wildman–Crippen LogP) is 2.93. The Labute approximate surface area is 194 Å². The van der Waals surface area contributed by atoms with Gasteiger partial charge in [-0.25, -0.2) is 0 Å². The van der Waals surface area contributed by atoms with Gasteiger partial charge in [0, 0.05) is 25.2 Å². The van der Waals surface area contributed by atoms with Crippen molar-refractivity contribution in [3.63, 3.8) is 0 Å². The van der Waals surface area contributed by atoms with Crippen LogP contribution in [-0.2, 0) is 11.2 Å². The molecule has 0 spiro atoms. The molecule has 33 heavy (non-hydrogen) atoms. The summed E-state index contributed by atoms with van der Waals surface area (Å²) in [5.41, 5.74) is 1.41. The van der Waals surface area contributed by atoms with Gasteiger partial charge in [0.05, 0.1) is 34.9 Å². The highest BCUT2D eigenvalue weighted by molar-refractivity contribution is 5.94. The van der Waals surface area contributed by atoms with Crippen LogP contribution in [0.15, 0.2) is 36.4 Å². The molecule has 3 rings (SSSR count). The lowest BCUT2D eigenvalue weighted by Gasteiger charge is -2.32. The molecule has 1 fully saturated rings. The molecule has 178 valence electrons. The Bertz CT molecular complexity index is 969. The molecule has 1 N–H and O–H groups in total. The number of ether oxygens (including phenoxy) is 4. The topological polar surface area (TPSA) is 86.3 Å². The molecular weight excluding hydrogens is 424 g/mol. The van der Waals surface area contributed by atoms with Crippen LogP contribution >= 0.6 is 0 Å². The fourth-order valence-corrected chi connectivity index (χ4v) is 3.98. The lowest BCUT2D eigenvalue weighted by atomic mass is 9.96. The molecule has 0 bridgehead atoms. The molecule has 0 aromatic heterocycles. The van der Waals surface area contributed by atoms with E-state index in [0.29, 0.717) is 60.5 Å². The third-order valence-corrected chi connectivity index (χ3v) is 5.97. The first-order valence-electron chi connectivity index (χ1n) is 11.0. The number of hydrogen-bond donors (Lipinski definition) is 1. The van der Waals surface area contributed by atoms with Crippen molar-refractivity contribution >= 4 is 11.8 Å². The average molecular weight is 457 g/mol. The molecule has 0 radical (unpaired) electrons. The van der Waals surface area contributed by atoms with Crippen LogP contribution in [0.1, 0.15) is 28.8 Å². The number of benzene rings is 2. The van der Waals surface area contributed by atoms with Gasteiger partial charge in [-0.05, 0) is 54.7 Å². The van der Waals surface area contributed by atoms with Gasteiger partial charge in [0.15, 0.2) is 23.0 Å². The molecule has 1 saturated heterocycles. The Kier molecular flexibility index (Phi) is 8.40. The van der Waals surface area contributed by atoms with E-state index in [1.165, 1.54) is 0 Å². The quantitative estimate of drug-likeness (QED) is 0.625. The van der Waals surface area contributed by atoms with E-state index in [-0.39, 0.29) is 11.8 Å². The molecule has 0 saturated carbocycles. The van der Waals surface area contributed by atoms with E-state index in [9.17, 15) is 9.59 Å². The lowest BCUT2D eigenvalue weighted by Crippen LogP contribution is -2.42. The Morgan fingerprint density at radius 3 is 2.03 bits per heavy atom. The number of methoxy groups -OCH3 is 4. The Morgan fingerprint density at radius 2 is 1.42 bits per heavy atom. The third kappa shape index (κ3) is 6.09. The standard InChI is InChI=1S/C25H32N2O6/c1-30-20-7-5-18(13-22(20)32-3)14-24(28)27-11-9-17(10-12-27)16-26-25(29)19-6-8-21(31-2)23(15-19)33-4/h5-8,13,15,17H,9-12,14,16H2,1-4H3,(H,26,29). The second kappa shape index (κ2) is 11.4. The predicted molar refractivity (Wildman–Crippen MR) is 124 cm³/mol. The molecule has 1 aliphatic heterocycles. The highest BCUT2D eigenvalue weighted by atomic mass is 16.5. The highest BCUT2D eigenvalue weighted by Gasteiger charge is 2.24. The Balaban J connectivity index is 1.47. The van der Waals surface area contributed by atoms with E-state index in [4.69, 9.17) is 18.9 Å². The van der Waals surface area contributed by atoms with Crippen molar-refractivity contribution in [3.05, 3.63) is 47.5 Å². The molecule has 2 aromatic carbocycles. The monoisotopic (exact) mass is 456 g/mol. The molecular formula is C25H32N2O6. The molecule has 0 atom stereocenters. The van der Waals surface area contributed by atoms with Crippen LogP contribution in [0.2, 0.25) is 0 Å². The van der Waals surface area contributed by atoms with Gasteiger partial charge in [-0.15, -0.1) is 0 Å². The molecule has 8 heteroatoms. The minimum atomic E-state index is -0.150. The fraction of sp³-hybridized carbons (Fsp3) is 0.440. The summed E-state index contributed by atoms with van der Waals surface area (Å²) in [5, 5.41) is 3.00. The maximum atomic E-state index is 12.8.